The number of carbonyl (C=O) groups is 1. The van der Waals surface area contributed by atoms with Gasteiger partial charge in [-0.25, -0.2) is 4.98 Å². The van der Waals surface area contributed by atoms with Gasteiger partial charge in [-0.2, -0.15) is 0 Å². The van der Waals surface area contributed by atoms with Gasteiger partial charge in [0.2, 0.25) is 0 Å². The number of likely N-dealkylation sites (tertiary alicyclic amines) is 2. The molecule has 162 valence electrons. The smallest absolute Gasteiger partial charge is 0.265 e. The van der Waals surface area contributed by atoms with E-state index in [4.69, 9.17) is 9.72 Å². The lowest BCUT2D eigenvalue weighted by Crippen LogP contribution is -2.47. The van der Waals surface area contributed by atoms with Crippen LogP contribution in [0.4, 0.5) is 0 Å². The van der Waals surface area contributed by atoms with Crippen LogP contribution in [0.3, 0.4) is 0 Å². The third-order valence-corrected chi connectivity index (χ3v) is 7.66. The van der Waals surface area contributed by atoms with Crippen molar-refractivity contribution >= 4 is 17.2 Å². The summed E-state index contributed by atoms with van der Waals surface area (Å²) in [5, 5.41) is 0.857. The van der Waals surface area contributed by atoms with Crippen molar-refractivity contribution in [3.8, 4) is 16.3 Å². The molecule has 4 rings (SSSR count). The predicted molar refractivity (Wildman–Crippen MR) is 123 cm³/mol. The number of amides is 1. The van der Waals surface area contributed by atoms with Crippen molar-refractivity contribution in [3.63, 3.8) is 0 Å². The molecule has 0 radical (unpaired) electrons. The van der Waals surface area contributed by atoms with E-state index < -0.39 is 0 Å². The topological polar surface area (TPSA) is 45.7 Å². The molecule has 2 saturated heterocycles. The predicted octanol–water partition coefficient (Wildman–Crippen LogP) is 4.92. The Morgan fingerprint density at radius 2 is 1.77 bits per heavy atom. The molecule has 5 nitrogen and oxygen atoms in total. The highest BCUT2D eigenvalue weighted by Gasteiger charge is 2.29. The van der Waals surface area contributed by atoms with Crippen LogP contribution in [0.2, 0.25) is 0 Å². The van der Waals surface area contributed by atoms with Crippen molar-refractivity contribution in [1.29, 1.82) is 0 Å². The molecule has 0 unspecified atom stereocenters. The van der Waals surface area contributed by atoms with Crippen LogP contribution < -0.4 is 4.74 Å². The number of benzene rings is 1. The molecule has 1 aromatic carbocycles. The average Bonchev–Trinajstić information content (AvgIpc) is 2.97. The maximum absolute atomic E-state index is 13.3. The van der Waals surface area contributed by atoms with E-state index in [0.29, 0.717) is 6.04 Å². The summed E-state index contributed by atoms with van der Waals surface area (Å²) in [5.74, 6) is 0.934. The molecule has 3 heterocycles. The maximum Gasteiger partial charge on any atom is 0.265 e. The van der Waals surface area contributed by atoms with Crippen LogP contribution in [0.5, 0.6) is 5.75 Å². The number of thiazole rings is 1. The largest absolute Gasteiger partial charge is 0.496 e. The van der Waals surface area contributed by atoms with E-state index in [-0.39, 0.29) is 5.91 Å². The molecule has 2 aliphatic rings. The van der Waals surface area contributed by atoms with Crippen LogP contribution in [-0.4, -0.2) is 60.0 Å². The summed E-state index contributed by atoms with van der Waals surface area (Å²) < 4.78 is 5.53. The number of piperidine rings is 1. The number of hydrogen-bond acceptors (Lipinski definition) is 5. The number of ether oxygens (including phenoxy) is 1. The maximum atomic E-state index is 13.3. The third-order valence-electron chi connectivity index (χ3n) is 6.48. The second-order valence-corrected chi connectivity index (χ2v) is 9.61. The molecule has 0 N–H and O–H groups in total. The molecule has 1 amide bonds. The molecule has 30 heavy (non-hydrogen) atoms. The zero-order valence-corrected chi connectivity index (χ0v) is 19.3. The SMILES string of the molecule is COc1ccc(C)cc1-c1nc(C)c(C(=O)N2CCC(N3CCCCCC3)CC2)s1. The summed E-state index contributed by atoms with van der Waals surface area (Å²) in [5.41, 5.74) is 2.94. The highest BCUT2D eigenvalue weighted by molar-refractivity contribution is 7.17. The molecule has 0 atom stereocenters. The van der Waals surface area contributed by atoms with E-state index in [9.17, 15) is 4.79 Å². The second-order valence-electron chi connectivity index (χ2n) is 8.61. The van der Waals surface area contributed by atoms with Crippen molar-refractivity contribution in [1.82, 2.24) is 14.8 Å². The van der Waals surface area contributed by atoms with E-state index in [1.807, 2.05) is 24.0 Å². The van der Waals surface area contributed by atoms with Crippen molar-refractivity contribution in [3.05, 3.63) is 34.3 Å². The Bertz CT molecular complexity index is 879. The van der Waals surface area contributed by atoms with Crippen LogP contribution in [0.25, 0.3) is 10.6 Å². The number of aryl methyl sites for hydroxylation is 2. The minimum Gasteiger partial charge on any atom is -0.496 e. The Labute approximate surface area is 184 Å². The van der Waals surface area contributed by atoms with Crippen molar-refractivity contribution in [2.24, 2.45) is 0 Å². The van der Waals surface area contributed by atoms with Crippen molar-refractivity contribution in [2.45, 2.75) is 58.4 Å². The highest BCUT2D eigenvalue weighted by atomic mass is 32.1. The number of hydrogen-bond donors (Lipinski definition) is 0. The Kier molecular flexibility index (Phi) is 6.74. The van der Waals surface area contributed by atoms with E-state index in [1.165, 1.54) is 50.1 Å². The first-order valence-electron chi connectivity index (χ1n) is 11.2. The van der Waals surface area contributed by atoms with E-state index >= 15 is 0 Å². The fraction of sp³-hybridized carbons (Fsp3) is 0.583. The van der Waals surface area contributed by atoms with Gasteiger partial charge >= 0.3 is 0 Å². The zero-order valence-electron chi connectivity index (χ0n) is 18.4. The van der Waals surface area contributed by atoms with Crippen molar-refractivity contribution < 1.29 is 9.53 Å². The number of aromatic nitrogens is 1. The van der Waals surface area contributed by atoms with Gasteiger partial charge in [-0.3, -0.25) is 4.79 Å². The summed E-state index contributed by atoms with van der Waals surface area (Å²) in [6, 6.07) is 6.72. The van der Waals surface area contributed by atoms with Gasteiger partial charge in [0.1, 0.15) is 15.6 Å². The van der Waals surface area contributed by atoms with Crippen LogP contribution in [-0.2, 0) is 0 Å². The van der Waals surface area contributed by atoms with E-state index in [2.05, 4.69) is 17.9 Å². The number of methoxy groups -OCH3 is 1. The monoisotopic (exact) mass is 427 g/mol. The van der Waals surface area contributed by atoms with Gasteiger partial charge in [0.05, 0.1) is 18.4 Å². The van der Waals surface area contributed by atoms with E-state index in [0.717, 1.165) is 58.4 Å². The summed E-state index contributed by atoms with van der Waals surface area (Å²) in [6.45, 7) is 8.16. The summed E-state index contributed by atoms with van der Waals surface area (Å²) in [6.07, 6.45) is 7.55. The number of rotatable bonds is 4. The Morgan fingerprint density at radius 3 is 2.43 bits per heavy atom. The summed E-state index contributed by atoms with van der Waals surface area (Å²) >= 11 is 1.49. The van der Waals surface area contributed by atoms with Gasteiger partial charge < -0.3 is 14.5 Å². The first kappa shape index (κ1) is 21.3. The van der Waals surface area contributed by atoms with Gasteiger partial charge in [0.15, 0.2) is 0 Å². The Morgan fingerprint density at radius 1 is 1.07 bits per heavy atom. The first-order chi connectivity index (χ1) is 14.6. The Balaban J connectivity index is 1.45. The standard InChI is InChI=1S/C24H33N3O2S/c1-17-8-9-21(29-3)20(16-17)23-25-18(2)22(30-23)24(28)27-14-10-19(11-15-27)26-12-6-4-5-7-13-26/h8-9,16,19H,4-7,10-15H2,1-3H3. The number of nitrogens with zero attached hydrogens (tertiary/aromatic N) is 3. The molecule has 0 spiro atoms. The van der Waals surface area contributed by atoms with Crippen LogP contribution >= 0.6 is 11.3 Å². The van der Waals surface area contributed by atoms with Gasteiger partial charge in [-0.05, 0) is 64.8 Å². The zero-order chi connectivity index (χ0) is 21.1. The average molecular weight is 428 g/mol. The minimum atomic E-state index is 0.136. The highest BCUT2D eigenvalue weighted by Crippen LogP contribution is 2.36. The first-order valence-corrected chi connectivity index (χ1v) is 12.0. The van der Waals surface area contributed by atoms with E-state index in [1.54, 1.807) is 7.11 Å². The third kappa shape index (κ3) is 4.54. The molecule has 1 aromatic heterocycles. The van der Waals surface area contributed by atoms with Crippen LogP contribution in [0.1, 0.15) is 59.5 Å². The quantitative estimate of drug-likeness (QED) is 0.695. The van der Waals surface area contributed by atoms with Gasteiger partial charge in [0.25, 0.3) is 5.91 Å². The normalized spacial score (nSPS) is 19.0. The lowest BCUT2D eigenvalue weighted by molar-refractivity contribution is 0.0626. The number of carbonyl (C=O) groups excluding carboxylic acids is 1. The van der Waals surface area contributed by atoms with Gasteiger partial charge in [-0.15, -0.1) is 11.3 Å². The van der Waals surface area contributed by atoms with Crippen molar-refractivity contribution in [2.75, 3.05) is 33.3 Å². The molecule has 6 heteroatoms. The Hall–Kier alpha value is -1.92. The second kappa shape index (κ2) is 9.48. The molecular weight excluding hydrogens is 394 g/mol. The fourth-order valence-corrected chi connectivity index (χ4v) is 5.79. The van der Waals surface area contributed by atoms with Gasteiger partial charge in [-0.1, -0.05) is 24.5 Å². The molecule has 0 aliphatic carbocycles. The lowest BCUT2D eigenvalue weighted by Gasteiger charge is -2.38. The molecule has 2 aromatic rings. The lowest BCUT2D eigenvalue weighted by atomic mass is 10.0. The molecular formula is C24H33N3O2S. The summed E-state index contributed by atoms with van der Waals surface area (Å²) in [4.78, 5) is 23.5. The molecule has 0 saturated carbocycles. The fourth-order valence-electron chi connectivity index (χ4n) is 4.74. The molecule has 0 bridgehead atoms. The van der Waals surface area contributed by atoms with Crippen LogP contribution in [0.15, 0.2) is 18.2 Å². The van der Waals surface area contributed by atoms with Crippen LogP contribution in [0, 0.1) is 13.8 Å². The summed E-state index contributed by atoms with van der Waals surface area (Å²) in [7, 11) is 1.68. The molecule has 2 fully saturated rings. The van der Waals surface area contributed by atoms with Gasteiger partial charge in [0, 0.05) is 19.1 Å². The minimum absolute atomic E-state index is 0.136. The molecule has 2 aliphatic heterocycles.